The van der Waals surface area contributed by atoms with Gasteiger partial charge in [-0.2, -0.15) is 13.2 Å². The van der Waals surface area contributed by atoms with Gasteiger partial charge in [0.25, 0.3) is 0 Å². The normalized spacial score (nSPS) is 11.5. The second kappa shape index (κ2) is 4.21. The van der Waals surface area contributed by atoms with E-state index < -0.39 is 11.7 Å². The van der Waals surface area contributed by atoms with Crippen molar-refractivity contribution in [3.05, 3.63) is 28.2 Å². The third kappa shape index (κ3) is 2.41. The van der Waals surface area contributed by atoms with Crippen molar-refractivity contribution in [3.8, 4) is 5.75 Å². The van der Waals surface area contributed by atoms with Crippen LogP contribution in [-0.2, 0) is 6.18 Å². The molecule has 1 nitrogen and oxygen atoms in total. The Labute approximate surface area is 88.0 Å². The Morgan fingerprint density at radius 1 is 1.36 bits per heavy atom. The first-order valence-electron chi connectivity index (χ1n) is 3.95. The van der Waals surface area contributed by atoms with E-state index in [2.05, 4.69) is 15.9 Å². The van der Waals surface area contributed by atoms with E-state index in [4.69, 9.17) is 4.74 Å². The molecule has 0 unspecified atom stereocenters. The smallest absolute Gasteiger partial charge is 0.421 e. The average molecular weight is 269 g/mol. The highest BCUT2D eigenvalue weighted by Crippen LogP contribution is 2.40. The molecule has 0 heterocycles. The van der Waals surface area contributed by atoms with Crippen molar-refractivity contribution in [1.29, 1.82) is 0 Å². The largest absolute Gasteiger partial charge is 0.493 e. The fourth-order valence-corrected chi connectivity index (χ4v) is 1.63. The molecule has 0 fully saturated rings. The van der Waals surface area contributed by atoms with Gasteiger partial charge in [-0.25, -0.2) is 0 Å². The number of hydrogen-bond acceptors (Lipinski definition) is 1. The van der Waals surface area contributed by atoms with Gasteiger partial charge in [0.05, 0.1) is 6.61 Å². The van der Waals surface area contributed by atoms with Crippen molar-refractivity contribution < 1.29 is 17.9 Å². The van der Waals surface area contributed by atoms with Gasteiger partial charge in [-0.3, -0.25) is 0 Å². The van der Waals surface area contributed by atoms with Gasteiger partial charge in [-0.05, 0) is 19.1 Å². The summed E-state index contributed by atoms with van der Waals surface area (Å²) in [6.07, 6.45) is -4.40. The van der Waals surface area contributed by atoms with Crippen molar-refractivity contribution >= 4 is 15.9 Å². The lowest BCUT2D eigenvalue weighted by Gasteiger charge is -2.14. The molecule has 0 aromatic heterocycles. The molecule has 0 aliphatic carbocycles. The van der Waals surface area contributed by atoms with E-state index in [1.165, 1.54) is 18.2 Å². The van der Waals surface area contributed by atoms with Gasteiger partial charge in [0, 0.05) is 4.47 Å². The Hall–Kier alpha value is -0.710. The maximum Gasteiger partial charge on any atom is 0.421 e. The highest BCUT2D eigenvalue weighted by Gasteiger charge is 2.36. The maximum absolute atomic E-state index is 12.5. The second-order valence-electron chi connectivity index (χ2n) is 2.54. The zero-order valence-electron chi connectivity index (χ0n) is 7.36. The lowest BCUT2D eigenvalue weighted by molar-refractivity contribution is -0.139. The SMILES string of the molecule is CCOc1cccc(Br)c1C(F)(F)F. The Balaban J connectivity index is 3.22. The van der Waals surface area contributed by atoms with Crippen LogP contribution < -0.4 is 4.74 Å². The molecule has 0 aliphatic rings. The molecular formula is C9H8BrF3O. The van der Waals surface area contributed by atoms with Crippen LogP contribution in [0, 0.1) is 0 Å². The predicted molar refractivity (Wildman–Crippen MR) is 50.3 cm³/mol. The molecular weight excluding hydrogens is 261 g/mol. The van der Waals surface area contributed by atoms with Gasteiger partial charge in [0.1, 0.15) is 11.3 Å². The monoisotopic (exact) mass is 268 g/mol. The fourth-order valence-electron chi connectivity index (χ4n) is 1.06. The summed E-state index contributed by atoms with van der Waals surface area (Å²) in [5.74, 6) is -0.144. The van der Waals surface area contributed by atoms with Crippen molar-refractivity contribution in [3.63, 3.8) is 0 Å². The Morgan fingerprint density at radius 3 is 2.50 bits per heavy atom. The lowest BCUT2D eigenvalue weighted by Crippen LogP contribution is -2.09. The van der Waals surface area contributed by atoms with E-state index in [1.807, 2.05) is 0 Å². The molecule has 0 bridgehead atoms. The van der Waals surface area contributed by atoms with Crippen molar-refractivity contribution in [2.75, 3.05) is 6.61 Å². The quantitative estimate of drug-likeness (QED) is 0.792. The Morgan fingerprint density at radius 2 is 2.00 bits per heavy atom. The third-order valence-corrected chi connectivity index (χ3v) is 2.22. The molecule has 0 radical (unpaired) electrons. The first-order chi connectivity index (χ1) is 6.46. The van der Waals surface area contributed by atoms with Crippen molar-refractivity contribution in [2.24, 2.45) is 0 Å². The van der Waals surface area contributed by atoms with Gasteiger partial charge < -0.3 is 4.74 Å². The lowest BCUT2D eigenvalue weighted by atomic mass is 10.2. The molecule has 0 N–H and O–H groups in total. The van der Waals surface area contributed by atoms with Crippen LogP contribution in [-0.4, -0.2) is 6.61 Å². The van der Waals surface area contributed by atoms with Crippen LogP contribution in [0.2, 0.25) is 0 Å². The predicted octanol–water partition coefficient (Wildman–Crippen LogP) is 3.87. The molecule has 1 aromatic rings. The fraction of sp³-hybridized carbons (Fsp3) is 0.333. The highest BCUT2D eigenvalue weighted by atomic mass is 79.9. The van der Waals surface area contributed by atoms with Crippen LogP contribution >= 0.6 is 15.9 Å². The van der Waals surface area contributed by atoms with Crippen LogP contribution in [0.4, 0.5) is 13.2 Å². The summed E-state index contributed by atoms with van der Waals surface area (Å²) in [6, 6.07) is 4.15. The number of benzene rings is 1. The molecule has 5 heteroatoms. The van der Waals surface area contributed by atoms with Crippen molar-refractivity contribution in [1.82, 2.24) is 0 Å². The van der Waals surface area contributed by atoms with Crippen LogP contribution in [0.25, 0.3) is 0 Å². The average Bonchev–Trinajstić information content (AvgIpc) is 2.02. The van der Waals surface area contributed by atoms with Crippen LogP contribution in [0.1, 0.15) is 12.5 Å². The summed E-state index contributed by atoms with van der Waals surface area (Å²) in [6.45, 7) is 1.85. The van der Waals surface area contributed by atoms with E-state index in [0.717, 1.165) is 0 Å². The first kappa shape index (κ1) is 11.4. The minimum Gasteiger partial charge on any atom is -0.493 e. The molecule has 0 amide bonds. The first-order valence-corrected chi connectivity index (χ1v) is 4.74. The van der Waals surface area contributed by atoms with Gasteiger partial charge >= 0.3 is 6.18 Å². The number of rotatable bonds is 2. The molecule has 0 aliphatic heterocycles. The molecule has 0 saturated carbocycles. The minimum atomic E-state index is -4.40. The molecule has 14 heavy (non-hydrogen) atoms. The zero-order chi connectivity index (χ0) is 10.8. The summed E-state index contributed by atoms with van der Waals surface area (Å²) in [7, 11) is 0. The molecule has 0 saturated heterocycles. The standard InChI is InChI=1S/C9H8BrF3O/c1-2-14-7-5-3-4-6(10)8(7)9(11,12)13/h3-5H,2H2,1H3. The molecule has 0 spiro atoms. The van der Waals surface area contributed by atoms with Crippen molar-refractivity contribution in [2.45, 2.75) is 13.1 Å². The molecule has 1 aromatic carbocycles. The Bertz CT molecular complexity index is 322. The molecule has 78 valence electrons. The van der Waals surface area contributed by atoms with Gasteiger partial charge in [-0.1, -0.05) is 22.0 Å². The summed E-state index contributed by atoms with van der Waals surface area (Å²) in [4.78, 5) is 0. The Kier molecular flexibility index (Phi) is 3.42. The minimum absolute atomic E-state index is 0.00375. The summed E-state index contributed by atoms with van der Waals surface area (Å²) >= 11 is 2.85. The number of hydrogen-bond donors (Lipinski definition) is 0. The van der Waals surface area contributed by atoms with Gasteiger partial charge in [-0.15, -0.1) is 0 Å². The zero-order valence-corrected chi connectivity index (χ0v) is 8.95. The van der Waals surface area contributed by atoms with E-state index in [0.29, 0.717) is 0 Å². The summed E-state index contributed by atoms with van der Waals surface area (Å²) in [5.41, 5.74) is -0.762. The van der Waals surface area contributed by atoms with E-state index in [-0.39, 0.29) is 16.8 Å². The summed E-state index contributed by atoms with van der Waals surface area (Å²) < 4.78 is 42.5. The molecule has 0 atom stereocenters. The maximum atomic E-state index is 12.5. The van der Waals surface area contributed by atoms with E-state index in [1.54, 1.807) is 6.92 Å². The van der Waals surface area contributed by atoms with E-state index >= 15 is 0 Å². The number of halogens is 4. The molecule has 1 rings (SSSR count). The third-order valence-electron chi connectivity index (χ3n) is 1.56. The number of alkyl halides is 3. The highest BCUT2D eigenvalue weighted by molar-refractivity contribution is 9.10. The van der Waals surface area contributed by atoms with Crippen LogP contribution in [0.3, 0.4) is 0 Å². The summed E-state index contributed by atoms with van der Waals surface area (Å²) in [5, 5.41) is 0. The van der Waals surface area contributed by atoms with Gasteiger partial charge in [0.2, 0.25) is 0 Å². The van der Waals surface area contributed by atoms with Crippen LogP contribution in [0.15, 0.2) is 22.7 Å². The van der Waals surface area contributed by atoms with Gasteiger partial charge in [0.15, 0.2) is 0 Å². The van der Waals surface area contributed by atoms with Crippen LogP contribution in [0.5, 0.6) is 5.75 Å². The number of ether oxygens (including phenoxy) is 1. The topological polar surface area (TPSA) is 9.23 Å². The second-order valence-corrected chi connectivity index (χ2v) is 3.40. The van der Waals surface area contributed by atoms with E-state index in [9.17, 15) is 13.2 Å².